The van der Waals surface area contributed by atoms with Gasteiger partial charge in [-0.15, -0.1) is 0 Å². The highest BCUT2D eigenvalue weighted by molar-refractivity contribution is 6.08. The number of carbonyl (C=O) groups excluding carboxylic acids is 1. The summed E-state index contributed by atoms with van der Waals surface area (Å²) in [5.41, 5.74) is 3.52. The highest BCUT2D eigenvalue weighted by Crippen LogP contribution is 2.26. The van der Waals surface area contributed by atoms with Crippen LogP contribution in [0.15, 0.2) is 88.3 Å². The van der Waals surface area contributed by atoms with Crippen molar-refractivity contribution in [1.82, 2.24) is 4.57 Å². The van der Waals surface area contributed by atoms with Crippen molar-refractivity contribution in [1.29, 1.82) is 0 Å². The Kier molecular flexibility index (Phi) is 5.35. The summed E-state index contributed by atoms with van der Waals surface area (Å²) in [7, 11) is 0. The van der Waals surface area contributed by atoms with Gasteiger partial charge in [-0.25, -0.2) is 0 Å². The minimum atomic E-state index is -0.429. The van der Waals surface area contributed by atoms with Gasteiger partial charge in [-0.2, -0.15) is 0 Å². The first-order valence-electron chi connectivity index (χ1n) is 9.74. The smallest absolute Gasteiger partial charge is 0.261 e. The first kappa shape index (κ1) is 19.5. The summed E-state index contributed by atoms with van der Waals surface area (Å²) < 4.78 is 7.47. The Bertz CT molecular complexity index is 1240. The number of furan rings is 1. The van der Waals surface area contributed by atoms with E-state index in [4.69, 9.17) is 4.42 Å². The molecule has 30 heavy (non-hydrogen) atoms. The van der Waals surface area contributed by atoms with Crippen molar-refractivity contribution in [3.05, 3.63) is 112 Å². The van der Waals surface area contributed by atoms with Crippen LogP contribution >= 0.6 is 0 Å². The Morgan fingerprint density at radius 1 is 0.967 bits per heavy atom. The SMILES string of the molecule is Cc1ccccc1NC(=O)c1c(-c2ccccc2)n(Cc2ccco2)c(C)cc1=O. The molecule has 0 bridgehead atoms. The van der Waals surface area contributed by atoms with E-state index in [1.807, 2.05) is 85.1 Å². The summed E-state index contributed by atoms with van der Waals surface area (Å²) in [5.74, 6) is 0.311. The van der Waals surface area contributed by atoms with Crippen molar-refractivity contribution in [2.75, 3.05) is 5.32 Å². The maximum atomic E-state index is 13.3. The number of para-hydroxylation sites is 1. The van der Waals surface area contributed by atoms with Crippen LogP contribution in [-0.2, 0) is 6.54 Å². The zero-order valence-corrected chi connectivity index (χ0v) is 16.9. The fourth-order valence-corrected chi connectivity index (χ4v) is 3.54. The summed E-state index contributed by atoms with van der Waals surface area (Å²) >= 11 is 0. The van der Waals surface area contributed by atoms with E-state index in [-0.39, 0.29) is 11.0 Å². The van der Waals surface area contributed by atoms with Crippen LogP contribution in [0.5, 0.6) is 0 Å². The van der Waals surface area contributed by atoms with Crippen molar-refractivity contribution in [2.24, 2.45) is 0 Å². The topological polar surface area (TPSA) is 64.2 Å². The van der Waals surface area contributed by atoms with Gasteiger partial charge in [-0.1, -0.05) is 48.5 Å². The molecule has 2 heterocycles. The number of carbonyl (C=O) groups is 1. The van der Waals surface area contributed by atoms with Gasteiger partial charge in [0, 0.05) is 17.4 Å². The van der Waals surface area contributed by atoms with Gasteiger partial charge in [-0.05, 0) is 43.2 Å². The van der Waals surface area contributed by atoms with Gasteiger partial charge in [0.15, 0.2) is 5.43 Å². The summed E-state index contributed by atoms with van der Waals surface area (Å²) in [5, 5.41) is 2.91. The molecule has 5 nitrogen and oxygen atoms in total. The number of aryl methyl sites for hydroxylation is 2. The number of nitrogens with one attached hydrogen (secondary N) is 1. The van der Waals surface area contributed by atoms with Crippen LogP contribution in [0.1, 0.15) is 27.4 Å². The standard InChI is InChI=1S/C25H22N2O3/c1-17-9-6-7-13-21(17)26-25(29)23-22(28)15-18(2)27(16-20-12-8-14-30-20)24(23)19-10-4-3-5-11-19/h3-15H,16H2,1-2H3,(H,26,29). The molecule has 0 saturated heterocycles. The van der Waals surface area contributed by atoms with Gasteiger partial charge < -0.3 is 14.3 Å². The third-order valence-corrected chi connectivity index (χ3v) is 5.08. The molecule has 4 aromatic rings. The second-order valence-electron chi connectivity index (χ2n) is 7.17. The van der Waals surface area contributed by atoms with E-state index in [1.165, 1.54) is 6.07 Å². The average molecular weight is 398 g/mol. The Hall–Kier alpha value is -3.86. The molecule has 0 radical (unpaired) electrons. The van der Waals surface area contributed by atoms with E-state index in [9.17, 15) is 9.59 Å². The number of amides is 1. The lowest BCUT2D eigenvalue weighted by molar-refractivity contribution is 0.102. The van der Waals surface area contributed by atoms with Crippen LogP contribution < -0.4 is 10.7 Å². The number of hydrogen-bond acceptors (Lipinski definition) is 3. The third kappa shape index (κ3) is 3.82. The number of benzene rings is 2. The molecule has 0 saturated carbocycles. The molecule has 2 aromatic carbocycles. The predicted octanol–water partition coefficient (Wildman–Crippen LogP) is 5.03. The minimum absolute atomic E-state index is 0.113. The fraction of sp³-hybridized carbons (Fsp3) is 0.120. The maximum Gasteiger partial charge on any atom is 0.261 e. The third-order valence-electron chi connectivity index (χ3n) is 5.08. The lowest BCUT2D eigenvalue weighted by atomic mass is 10.0. The number of rotatable bonds is 5. The normalized spacial score (nSPS) is 10.7. The van der Waals surface area contributed by atoms with Crippen molar-refractivity contribution in [3.8, 4) is 11.3 Å². The van der Waals surface area contributed by atoms with Gasteiger partial charge in [0.2, 0.25) is 0 Å². The van der Waals surface area contributed by atoms with Crippen LogP contribution in [0.4, 0.5) is 5.69 Å². The van der Waals surface area contributed by atoms with E-state index in [0.29, 0.717) is 17.9 Å². The van der Waals surface area contributed by atoms with Crippen LogP contribution in [0.2, 0.25) is 0 Å². The van der Waals surface area contributed by atoms with Crippen LogP contribution in [0, 0.1) is 13.8 Å². The van der Waals surface area contributed by atoms with Gasteiger partial charge in [-0.3, -0.25) is 9.59 Å². The molecule has 150 valence electrons. The molecule has 0 aliphatic heterocycles. The van der Waals surface area contributed by atoms with Crippen LogP contribution in [0.3, 0.4) is 0 Å². The van der Waals surface area contributed by atoms with Crippen molar-refractivity contribution >= 4 is 11.6 Å². The zero-order chi connectivity index (χ0) is 21.1. The highest BCUT2D eigenvalue weighted by atomic mass is 16.3. The maximum absolute atomic E-state index is 13.3. The summed E-state index contributed by atoms with van der Waals surface area (Å²) in [4.78, 5) is 26.3. The monoisotopic (exact) mass is 398 g/mol. The van der Waals surface area contributed by atoms with E-state index >= 15 is 0 Å². The summed E-state index contributed by atoms with van der Waals surface area (Å²) in [6, 6.07) is 22.2. The lowest BCUT2D eigenvalue weighted by Gasteiger charge is -2.20. The highest BCUT2D eigenvalue weighted by Gasteiger charge is 2.22. The molecule has 0 unspecified atom stereocenters. The van der Waals surface area contributed by atoms with Gasteiger partial charge >= 0.3 is 0 Å². The Morgan fingerprint density at radius 3 is 2.40 bits per heavy atom. The van der Waals surface area contributed by atoms with Crippen LogP contribution in [-0.4, -0.2) is 10.5 Å². The number of pyridine rings is 1. The summed E-state index contributed by atoms with van der Waals surface area (Å²) in [6.45, 7) is 4.19. The minimum Gasteiger partial charge on any atom is -0.467 e. The van der Waals surface area contributed by atoms with Gasteiger partial charge in [0.25, 0.3) is 5.91 Å². The van der Waals surface area contributed by atoms with Crippen molar-refractivity contribution < 1.29 is 9.21 Å². The van der Waals surface area contributed by atoms with Crippen LogP contribution in [0.25, 0.3) is 11.3 Å². The molecule has 0 atom stereocenters. The zero-order valence-electron chi connectivity index (χ0n) is 16.9. The quantitative estimate of drug-likeness (QED) is 0.513. The number of anilines is 1. The second-order valence-corrected chi connectivity index (χ2v) is 7.17. The van der Waals surface area contributed by atoms with E-state index < -0.39 is 5.91 Å². The van der Waals surface area contributed by atoms with Crippen molar-refractivity contribution in [2.45, 2.75) is 20.4 Å². The molecule has 0 fully saturated rings. The molecule has 4 rings (SSSR count). The molecule has 0 aliphatic carbocycles. The van der Waals surface area contributed by atoms with E-state index in [1.54, 1.807) is 6.26 Å². The Balaban J connectivity index is 1.90. The number of aromatic nitrogens is 1. The number of nitrogens with zero attached hydrogens (tertiary/aromatic N) is 1. The predicted molar refractivity (Wildman–Crippen MR) is 118 cm³/mol. The largest absolute Gasteiger partial charge is 0.467 e. The first-order valence-corrected chi connectivity index (χ1v) is 9.74. The van der Waals surface area contributed by atoms with E-state index in [0.717, 1.165) is 22.6 Å². The average Bonchev–Trinajstić information content (AvgIpc) is 3.25. The Labute approximate surface area is 174 Å². The molecular formula is C25H22N2O3. The molecule has 0 spiro atoms. The fourth-order valence-electron chi connectivity index (χ4n) is 3.54. The molecule has 5 heteroatoms. The molecule has 2 aromatic heterocycles. The van der Waals surface area contributed by atoms with E-state index in [2.05, 4.69) is 5.32 Å². The van der Waals surface area contributed by atoms with Crippen molar-refractivity contribution in [3.63, 3.8) is 0 Å². The first-order chi connectivity index (χ1) is 14.5. The molecule has 1 amide bonds. The second kappa shape index (κ2) is 8.25. The van der Waals surface area contributed by atoms with Gasteiger partial charge in [0.1, 0.15) is 11.3 Å². The molecule has 1 N–H and O–H groups in total. The molecular weight excluding hydrogens is 376 g/mol. The number of hydrogen-bond donors (Lipinski definition) is 1. The summed E-state index contributed by atoms with van der Waals surface area (Å²) in [6.07, 6.45) is 1.61. The lowest BCUT2D eigenvalue weighted by Crippen LogP contribution is -2.27. The Morgan fingerprint density at radius 2 is 1.70 bits per heavy atom. The van der Waals surface area contributed by atoms with Gasteiger partial charge in [0.05, 0.1) is 18.5 Å². The molecule has 0 aliphatic rings.